The Bertz CT molecular complexity index is 436. The quantitative estimate of drug-likeness (QED) is 0.887. The monoisotopic (exact) mass is 297 g/mol. The second kappa shape index (κ2) is 5.06. The van der Waals surface area contributed by atoms with E-state index in [1.54, 1.807) is 6.07 Å². The number of primary amides is 1. The first-order valence-corrected chi connectivity index (χ1v) is 6.49. The number of nitrogens with two attached hydrogens (primary N) is 2. The van der Waals surface area contributed by atoms with Crippen molar-refractivity contribution in [2.24, 2.45) is 11.5 Å². The van der Waals surface area contributed by atoms with Gasteiger partial charge in [0.05, 0.1) is 5.56 Å². The Morgan fingerprint density at radius 1 is 1.53 bits per heavy atom. The van der Waals surface area contributed by atoms with Crippen LogP contribution in [0.4, 0.5) is 5.69 Å². The first-order valence-electron chi connectivity index (χ1n) is 5.69. The van der Waals surface area contributed by atoms with Gasteiger partial charge in [0.15, 0.2) is 0 Å². The van der Waals surface area contributed by atoms with Gasteiger partial charge in [-0.1, -0.05) is 15.9 Å². The van der Waals surface area contributed by atoms with Crippen LogP contribution in [0.2, 0.25) is 0 Å². The second-order valence-corrected chi connectivity index (χ2v) is 5.17. The molecule has 4 N–H and O–H groups in total. The molecule has 0 saturated carbocycles. The summed E-state index contributed by atoms with van der Waals surface area (Å²) in [7, 11) is 0. The zero-order valence-corrected chi connectivity index (χ0v) is 11.1. The maximum Gasteiger partial charge on any atom is 0.250 e. The SMILES string of the molecule is NCC1CCCN1c1ccc(Br)cc1C(N)=O. The molecule has 1 aliphatic heterocycles. The molecule has 5 heteroatoms. The van der Waals surface area contributed by atoms with Crippen molar-refractivity contribution in [2.45, 2.75) is 18.9 Å². The fourth-order valence-electron chi connectivity index (χ4n) is 2.35. The largest absolute Gasteiger partial charge is 0.367 e. The minimum atomic E-state index is -0.399. The van der Waals surface area contributed by atoms with Gasteiger partial charge in [0.1, 0.15) is 0 Å². The van der Waals surface area contributed by atoms with E-state index in [9.17, 15) is 4.79 Å². The highest BCUT2D eigenvalue weighted by Crippen LogP contribution is 2.30. The van der Waals surface area contributed by atoms with Gasteiger partial charge in [-0.05, 0) is 31.0 Å². The van der Waals surface area contributed by atoms with Crippen LogP contribution in [0.15, 0.2) is 22.7 Å². The molecule has 1 aromatic carbocycles. The first kappa shape index (κ1) is 12.4. The summed E-state index contributed by atoms with van der Waals surface area (Å²) in [5, 5.41) is 0. The maximum absolute atomic E-state index is 11.5. The molecule has 0 aliphatic carbocycles. The van der Waals surface area contributed by atoms with Gasteiger partial charge in [0, 0.05) is 29.3 Å². The molecule has 1 atom stereocenters. The molecule has 4 nitrogen and oxygen atoms in total. The van der Waals surface area contributed by atoms with E-state index in [1.807, 2.05) is 12.1 Å². The maximum atomic E-state index is 11.5. The summed E-state index contributed by atoms with van der Waals surface area (Å²) in [6.07, 6.45) is 2.18. The summed E-state index contributed by atoms with van der Waals surface area (Å²) in [6, 6.07) is 5.93. The number of anilines is 1. The Morgan fingerprint density at radius 3 is 2.94 bits per heavy atom. The number of benzene rings is 1. The predicted molar refractivity (Wildman–Crippen MR) is 72.1 cm³/mol. The smallest absolute Gasteiger partial charge is 0.250 e. The lowest BCUT2D eigenvalue weighted by molar-refractivity contribution is 0.100. The molecule has 0 radical (unpaired) electrons. The van der Waals surface area contributed by atoms with Crippen molar-refractivity contribution in [1.82, 2.24) is 0 Å². The highest BCUT2D eigenvalue weighted by molar-refractivity contribution is 9.10. The van der Waals surface area contributed by atoms with E-state index in [4.69, 9.17) is 11.5 Å². The van der Waals surface area contributed by atoms with Gasteiger partial charge in [0.25, 0.3) is 5.91 Å². The summed E-state index contributed by atoms with van der Waals surface area (Å²) in [5.74, 6) is -0.399. The van der Waals surface area contributed by atoms with Crippen molar-refractivity contribution in [2.75, 3.05) is 18.0 Å². The lowest BCUT2D eigenvalue weighted by Gasteiger charge is -2.27. The molecule has 1 amide bonds. The van der Waals surface area contributed by atoms with E-state index < -0.39 is 5.91 Å². The Hall–Kier alpha value is -1.07. The molecule has 1 heterocycles. The van der Waals surface area contributed by atoms with Crippen LogP contribution in [0.25, 0.3) is 0 Å². The third kappa shape index (κ3) is 2.45. The van der Waals surface area contributed by atoms with Crippen LogP contribution in [0.3, 0.4) is 0 Å². The number of hydrogen-bond donors (Lipinski definition) is 2. The standard InChI is InChI=1S/C12H16BrN3O/c13-8-3-4-11(10(6-8)12(15)17)16-5-1-2-9(16)7-14/h3-4,6,9H,1-2,5,7,14H2,(H2,15,17). The third-order valence-corrected chi connectivity index (χ3v) is 3.68. The number of carbonyl (C=O) groups is 1. The van der Waals surface area contributed by atoms with Gasteiger partial charge in [-0.25, -0.2) is 0 Å². The number of nitrogens with zero attached hydrogens (tertiary/aromatic N) is 1. The Kier molecular flexibility index (Phi) is 3.69. The summed E-state index contributed by atoms with van der Waals surface area (Å²) < 4.78 is 0.860. The van der Waals surface area contributed by atoms with Gasteiger partial charge in [-0.15, -0.1) is 0 Å². The molecule has 0 spiro atoms. The second-order valence-electron chi connectivity index (χ2n) is 4.25. The number of hydrogen-bond acceptors (Lipinski definition) is 3. The molecule has 1 aromatic rings. The summed E-state index contributed by atoms with van der Waals surface area (Å²) in [6.45, 7) is 1.54. The van der Waals surface area contributed by atoms with Crippen LogP contribution in [0, 0.1) is 0 Å². The summed E-state index contributed by atoms with van der Waals surface area (Å²) in [4.78, 5) is 13.7. The summed E-state index contributed by atoms with van der Waals surface area (Å²) in [5.41, 5.74) is 12.6. The third-order valence-electron chi connectivity index (χ3n) is 3.18. The minimum absolute atomic E-state index is 0.314. The average Bonchev–Trinajstić information content (AvgIpc) is 2.76. The molecular formula is C12H16BrN3O. The fraction of sp³-hybridized carbons (Fsp3) is 0.417. The number of halogens is 1. The molecule has 17 heavy (non-hydrogen) atoms. The normalized spacial score (nSPS) is 19.6. The van der Waals surface area contributed by atoms with Crippen LogP contribution in [0.5, 0.6) is 0 Å². The van der Waals surface area contributed by atoms with Gasteiger partial charge >= 0.3 is 0 Å². The van der Waals surface area contributed by atoms with E-state index in [-0.39, 0.29) is 0 Å². The molecule has 92 valence electrons. The number of amides is 1. The van der Waals surface area contributed by atoms with E-state index in [2.05, 4.69) is 20.8 Å². The van der Waals surface area contributed by atoms with Crippen molar-refractivity contribution in [3.8, 4) is 0 Å². The topological polar surface area (TPSA) is 72.3 Å². The van der Waals surface area contributed by atoms with Crippen molar-refractivity contribution < 1.29 is 4.79 Å². The molecule has 1 aliphatic rings. The average molecular weight is 298 g/mol. The molecule has 1 saturated heterocycles. The zero-order valence-electron chi connectivity index (χ0n) is 9.53. The molecule has 2 rings (SSSR count). The number of carbonyl (C=O) groups excluding carboxylic acids is 1. The molecular weight excluding hydrogens is 282 g/mol. The van der Waals surface area contributed by atoms with Crippen molar-refractivity contribution in [1.29, 1.82) is 0 Å². The first-order chi connectivity index (χ1) is 8.13. The lowest BCUT2D eigenvalue weighted by Crippen LogP contribution is -2.36. The van der Waals surface area contributed by atoms with Crippen molar-refractivity contribution in [3.05, 3.63) is 28.2 Å². The van der Waals surface area contributed by atoms with E-state index >= 15 is 0 Å². The van der Waals surface area contributed by atoms with E-state index in [0.29, 0.717) is 18.2 Å². The van der Waals surface area contributed by atoms with Crippen LogP contribution in [-0.4, -0.2) is 25.0 Å². The highest BCUT2D eigenvalue weighted by atomic mass is 79.9. The number of rotatable bonds is 3. The minimum Gasteiger partial charge on any atom is -0.367 e. The van der Waals surface area contributed by atoms with Crippen LogP contribution in [0.1, 0.15) is 23.2 Å². The van der Waals surface area contributed by atoms with Gasteiger partial charge in [0.2, 0.25) is 0 Å². The Balaban J connectivity index is 2.40. The van der Waals surface area contributed by atoms with Crippen LogP contribution >= 0.6 is 15.9 Å². The van der Waals surface area contributed by atoms with Gasteiger partial charge in [-0.3, -0.25) is 4.79 Å². The molecule has 0 aromatic heterocycles. The lowest BCUT2D eigenvalue weighted by atomic mass is 10.1. The zero-order chi connectivity index (χ0) is 12.4. The predicted octanol–water partition coefficient (Wildman–Crippen LogP) is 1.48. The Labute approximate surface area is 109 Å². The van der Waals surface area contributed by atoms with Crippen molar-refractivity contribution in [3.63, 3.8) is 0 Å². The van der Waals surface area contributed by atoms with Crippen LogP contribution in [-0.2, 0) is 0 Å². The Morgan fingerprint density at radius 2 is 2.29 bits per heavy atom. The van der Waals surface area contributed by atoms with E-state index in [1.165, 1.54) is 0 Å². The highest BCUT2D eigenvalue weighted by Gasteiger charge is 2.26. The molecule has 0 bridgehead atoms. The van der Waals surface area contributed by atoms with Gasteiger partial charge in [-0.2, -0.15) is 0 Å². The van der Waals surface area contributed by atoms with Gasteiger partial charge < -0.3 is 16.4 Å². The van der Waals surface area contributed by atoms with Crippen LogP contribution < -0.4 is 16.4 Å². The molecule has 1 unspecified atom stereocenters. The fourth-order valence-corrected chi connectivity index (χ4v) is 2.72. The van der Waals surface area contributed by atoms with Crippen molar-refractivity contribution >= 4 is 27.5 Å². The summed E-state index contributed by atoms with van der Waals surface area (Å²) >= 11 is 3.35. The molecule has 1 fully saturated rings. The van der Waals surface area contributed by atoms with E-state index in [0.717, 1.165) is 29.5 Å².